The van der Waals surface area contributed by atoms with Crippen LogP contribution < -0.4 is 14.8 Å². The Bertz CT molecular complexity index is 1040. The summed E-state index contributed by atoms with van der Waals surface area (Å²) < 4.78 is 26.2. The SMILES string of the molecule is COc1ccc(Br)c(CNc2ccc(C(=O)O)cc2)c1OCc1c(F)cccc1Cl. The van der Waals surface area contributed by atoms with Crippen molar-refractivity contribution in [1.82, 2.24) is 0 Å². The molecule has 0 aliphatic rings. The molecule has 0 bridgehead atoms. The molecule has 0 saturated heterocycles. The third-order valence-corrected chi connectivity index (χ3v) is 5.51. The van der Waals surface area contributed by atoms with E-state index in [0.29, 0.717) is 18.0 Å². The lowest BCUT2D eigenvalue weighted by Crippen LogP contribution is -2.07. The van der Waals surface area contributed by atoms with Crippen LogP contribution in [0.2, 0.25) is 5.02 Å². The Labute approximate surface area is 186 Å². The van der Waals surface area contributed by atoms with Crippen molar-refractivity contribution in [2.75, 3.05) is 12.4 Å². The highest BCUT2D eigenvalue weighted by atomic mass is 79.9. The van der Waals surface area contributed by atoms with Crippen LogP contribution in [0, 0.1) is 5.82 Å². The minimum atomic E-state index is -0.986. The maximum absolute atomic E-state index is 14.1. The van der Waals surface area contributed by atoms with Crippen LogP contribution >= 0.6 is 27.5 Å². The van der Waals surface area contributed by atoms with E-state index in [0.717, 1.165) is 15.7 Å². The molecule has 0 atom stereocenters. The molecule has 0 aromatic heterocycles. The van der Waals surface area contributed by atoms with Gasteiger partial charge in [-0.25, -0.2) is 9.18 Å². The zero-order valence-electron chi connectivity index (χ0n) is 15.9. The van der Waals surface area contributed by atoms with Crippen molar-refractivity contribution in [2.45, 2.75) is 13.2 Å². The van der Waals surface area contributed by atoms with Gasteiger partial charge in [-0.15, -0.1) is 0 Å². The second-order valence-corrected chi connectivity index (χ2v) is 7.54. The first-order valence-electron chi connectivity index (χ1n) is 8.89. The summed E-state index contributed by atoms with van der Waals surface area (Å²) >= 11 is 9.62. The van der Waals surface area contributed by atoms with Crippen LogP contribution in [0.5, 0.6) is 11.5 Å². The number of rotatable bonds is 8. The number of methoxy groups -OCH3 is 1. The van der Waals surface area contributed by atoms with Crippen molar-refractivity contribution >= 4 is 39.2 Å². The van der Waals surface area contributed by atoms with Gasteiger partial charge in [0.1, 0.15) is 12.4 Å². The molecule has 0 radical (unpaired) electrons. The van der Waals surface area contributed by atoms with Gasteiger partial charge in [-0.05, 0) is 48.5 Å². The third-order valence-electron chi connectivity index (χ3n) is 4.41. The zero-order valence-corrected chi connectivity index (χ0v) is 18.3. The molecule has 0 aliphatic carbocycles. The molecule has 0 spiro atoms. The lowest BCUT2D eigenvalue weighted by molar-refractivity contribution is 0.0697. The number of ether oxygens (including phenoxy) is 2. The van der Waals surface area contributed by atoms with E-state index >= 15 is 0 Å². The summed E-state index contributed by atoms with van der Waals surface area (Å²) in [6.45, 7) is 0.281. The Morgan fingerprint density at radius 3 is 2.50 bits per heavy atom. The van der Waals surface area contributed by atoms with Crippen molar-refractivity contribution in [3.05, 3.63) is 86.6 Å². The summed E-state index contributed by atoms with van der Waals surface area (Å²) in [4.78, 5) is 11.0. The molecule has 0 fully saturated rings. The maximum Gasteiger partial charge on any atom is 0.335 e. The van der Waals surface area contributed by atoms with Gasteiger partial charge >= 0.3 is 5.97 Å². The molecule has 3 aromatic carbocycles. The first-order valence-corrected chi connectivity index (χ1v) is 10.1. The van der Waals surface area contributed by atoms with Crippen molar-refractivity contribution in [3.63, 3.8) is 0 Å². The minimum absolute atomic E-state index is 0.0708. The van der Waals surface area contributed by atoms with E-state index in [2.05, 4.69) is 21.2 Å². The van der Waals surface area contributed by atoms with Gasteiger partial charge in [-0.3, -0.25) is 0 Å². The van der Waals surface area contributed by atoms with Crippen molar-refractivity contribution < 1.29 is 23.8 Å². The highest BCUT2D eigenvalue weighted by molar-refractivity contribution is 9.10. The van der Waals surface area contributed by atoms with Crippen LogP contribution in [-0.4, -0.2) is 18.2 Å². The monoisotopic (exact) mass is 493 g/mol. The smallest absolute Gasteiger partial charge is 0.335 e. The van der Waals surface area contributed by atoms with Crippen molar-refractivity contribution in [2.24, 2.45) is 0 Å². The standard InChI is InChI=1S/C22H18BrClFNO4/c1-29-20-10-9-17(23)15(11-26-14-7-5-13(6-8-14)22(27)28)21(20)30-12-16-18(24)3-2-4-19(16)25/h2-10,26H,11-12H2,1H3,(H,27,28). The highest BCUT2D eigenvalue weighted by Gasteiger charge is 2.17. The molecule has 0 heterocycles. The Balaban J connectivity index is 1.84. The normalized spacial score (nSPS) is 10.5. The van der Waals surface area contributed by atoms with E-state index in [-0.39, 0.29) is 22.8 Å². The zero-order chi connectivity index (χ0) is 21.7. The number of anilines is 1. The molecule has 0 unspecified atom stereocenters. The Hall–Kier alpha value is -2.77. The van der Waals surface area contributed by atoms with Gasteiger partial charge in [0.05, 0.1) is 17.7 Å². The van der Waals surface area contributed by atoms with Gasteiger partial charge < -0.3 is 19.9 Å². The maximum atomic E-state index is 14.1. The molecule has 0 saturated carbocycles. The fraction of sp³-hybridized carbons (Fsp3) is 0.136. The average Bonchev–Trinajstić information content (AvgIpc) is 2.73. The first kappa shape index (κ1) is 21.9. The van der Waals surface area contributed by atoms with Crippen LogP contribution in [0.1, 0.15) is 21.5 Å². The molecular weight excluding hydrogens is 477 g/mol. The summed E-state index contributed by atoms with van der Waals surface area (Å²) in [6, 6.07) is 14.4. The first-order chi connectivity index (χ1) is 14.4. The number of hydrogen-bond acceptors (Lipinski definition) is 4. The molecule has 156 valence electrons. The molecule has 8 heteroatoms. The summed E-state index contributed by atoms with van der Waals surface area (Å²) in [7, 11) is 1.52. The molecule has 3 rings (SSSR count). The summed E-state index contributed by atoms with van der Waals surface area (Å²) in [5, 5.41) is 12.5. The fourth-order valence-electron chi connectivity index (χ4n) is 2.80. The van der Waals surface area contributed by atoms with Crippen molar-refractivity contribution in [3.8, 4) is 11.5 Å². The van der Waals surface area contributed by atoms with Gasteiger partial charge in [0.25, 0.3) is 0 Å². The van der Waals surface area contributed by atoms with Gasteiger partial charge in [0.2, 0.25) is 0 Å². The van der Waals surface area contributed by atoms with Crippen LogP contribution in [0.3, 0.4) is 0 Å². The third kappa shape index (κ3) is 5.04. The average molecular weight is 495 g/mol. The highest BCUT2D eigenvalue weighted by Crippen LogP contribution is 2.37. The van der Waals surface area contributed by atoms with E-state index < -0.39 is 11.8 Å². The summed E-state index contributed by atoms with van der Waals surface area (Å²) in [5.74, 6) is -0.501. The second-order valence-electron chi connectivity index (χ2n) is 6.28. The van der Waals surface area contributed by atoms with E-state index in [1.54, 1.807) is 24.3 Å². The fourth-order valence-corrected chi connectivity index (χ4v) is 3.47. The lowest BCUT2D eigenvalue weighted by atomic mass is 10.1. The Morgan fingerprint density at radius 1 is 1.13 bits per heavy atom. The number of carboxylic acid groups (broad SMARTS) is 1. The molecule has 0 aliphatic heterocycles. The molecular formula is C22H18BrClFNO4. The van der Waals surface area contributed by atoms with Crippen molar-refractivity contribution in [1.29, 1.82) is 0 Å². The summed E-state index contributed by atoms with van der Waals surface area (Å²) in [6.07, 6.45) is 0. The van der Waals surface area contributed by atoms with Crippen LogP contribution in [0.4, 0.5) is 10.1 Å². The molecule has 3 aromatic rings. The minimum Gasteiger partial charge on any atom is -0.493 e. The van der Waals surface area contributed by atoms with Gasteiger partial charge in [-0.2, -0.15) is 0 Å². The van der Waals surface area contributed by atoms with Crippen LogP contribution in [0.15, 0.2) is 59.1 Å². The predicted molar refractivity (Wildman–Crippen MR) is 117 cm³/mol. The largest absolute Gasteiger partial charge is 0.493 e. The second kappa shape index (κ2) is 9.82. The van der Waals surface area contributed by atoms with E-state index in [1.165, 1.54) is 31.4 Å². The van der Waals surface area contributed by atoms with Gasteiger partial charge in [-0.1, -0.05) is 33.6 Å². The molecule has 2 N–H and O–H groups in total. The predicted octanol–water partition coefficient (Wildman–Crippen LogP) is 6.14. The number of benzene rings is 3. The Morgan fingerprint density at radius 2 is 1.87 bits per heavy atom. The van der Waals surface area contributed by atoms with E-state index in [1.807, 2.05) is 6.07 Å². The molecule has 30 heavy (non-hydrogen) atoms. The number of carboxylic acids is 1. The quantitative estimate of drug-likeness (QED) is 0.394. The Kier molecular flexibility index (Phi) is 7.18. The van der Waals surface area contributed by atoms with E-state index in [9.17, 15) is 9.18 Å². The number of halogens is 3. The number of nitrogens with one attached hydrogen (secondary N) is 1. The topological polar surface area (TPSA) is 67.8 Å². The lowest BCUT2D eigenvalue weighted by Gasteiger charge is -2.18. The van der Waals surface area contributed by atoms with Crippen LogP contribution in [-0.2, 0) is 13.2 Å². The molecule has 0 amide bonds. The summed E-state index contributed by atoms with van der Waals surface area (Å²) in [5.41, 5.74) is 1.94. The van der Waals surface area contributed by atoms with Crippen LogP contribution in [0.25, 0.3) is 0 Å². The van der Waals surface area contributed by atoms with Gasteiger partial charge in [0.15, 0.2) is 11.5 Å². The number of carbonyl (C=O) groups is 1. The molecule has 5 nitrogen and oxygen atoms in total. The van der Waals surface area contributed by atoms with Gasteiger partial charge in [0, 0.05) is 27.8 Å². The number of hydrogen-bond donors (Lipinski definition) is 2. The van der Waals surface area contributed by atoms with E-state index in [4.69, 9.17) is 26.2 Å². The number of aromatic carboxylic acids is 1.